The van der Waals surface area contributed by atoms with E-state index in [9.17, 15) is 14.4 Å². The molecule has 8 heteroatoms. The maximum Gasteiger partial charge on any atom is 0.325 e. The molecule has 31 heavy (non-hydrogen) atoms. The van der Waals surface area contributed by atoms with Crippen LogP contribution >= 0.6 is 11.3 Å². The lowest BCUT2D eigenvalue weighted by molar-refractivity contribution is -0.135. The Kier molecular flexibility index (Phi) is 6.05. The van der Waals surface area contributed by atoms with Crippen LogP contribution in [0.25, 0.3) is 0 Å². The van der Waals surface area contributed by atoms with Crippen LogP contribution in [0.4, 0.5) is 4.79 Å². The second kappa shape index (κ2) is 8.90. The van der Waals surface area contributed by atoms with E-state index in [0.29, 0.717) is 44.6 Å². The summed E-state index contributed by atoms with van der Waals surface area (Å²) in [4.78, 5) is 47.4. The van der Waals surface area contributed by atoms with Gasteiger partial charge in [0.25, 0.3) is 11.8 Å². The third-order valence-corrected chi connectivity index (χ3v) is 6.93. The number of amides is 4. The monoisotopic (exact) mass is 436 g/mol. The van der Waals surface area contributed by atoms with Gasteiger partial charge in [0.2, 0.25) is 0 Å². The Balaban J connectivity index is 1.59. The Bertz CT molecular complexity index is 1020. The third kappa shape index (κ3) is 3.93. The van der Waals surface area contributed by atoms with Gasteiger partial charge < -0.3 is 10.2 Å². The molecule has 2 fully saturated rings. The standard InChI is InChI=1S/C23H24N4O3S/c1-2-6-20(28)26-13-9-17(10-14-26)23(19-8-3-4-12-24-19)21(29)27(22(30)25-23)15-11-18-7-5-16-31-18/h3-5,7-8,12,16-17H,9-11,13-15H2,1H3,(H,25,30)/t23-/m0/s1. The van der Waals surface area contributed by atoms with Crippen LogP contribution < -0.4 is 5.32 Å². The molecule has 1 N–H and O–H groups in total. The Morgan fingerprint density at radius 3 is 2.71 bits per heavy atom. The van der Waals surface area contributed by atoms with Crippen molar-refractivity contribution >= 4 is 29.2 Å². The van der Waals surface area contributed by atoms with Gasteiger partial charge in [-0.25, -0.2) is 4.79 Å². The topological polar surface area (TPSA) is 82.6 Å². The summed E-state index contributed by atoms with van der Waals surface area (Å²) in [6.45, 7) is 2.94. The van der Waals surface area contributed by atoms with E-state index >= 15 is 0 Å². The zero-order chi connectivity index (χ0) is 21.8. The Morgan fingerprint density at radius 2 is 2.06 bits per heavy atom. The number of thiophene rings is 1. The van der Waals surface area contributed by atoms with Gasteiger partial charge in [-0.2, -0.15) is 0 Å². The Labute approximate surface area is 185 Å². The minimum Gasteiger partial charge on any atom is -0.332 e. The molecule has 2 saturated heterocycles. The number of urea groups is 1. The molecule has 4 amide bonds. The van der Waals surface area contributed by atoms with Crippen LogP contribution in [0.3, 0.4) is 0 Å². The minimum atomic E-state index is -1.21. The molecule has 2 aromatic rings. The van der Waals surface area contributed by atoms with E-state index in [1.165, 1.54) is 4.90 Å². The highest BCUT2D eigenvalue weighted by Gasteiger charge is 2.58. The number of hydrogen-bond acceptors (Lipinski definition) is 5. The van der Waals surface area contributed by atoms with Crippen molar-refractivity contribution in [2.75, 3.05) is 19.6 Å². The number of carbonyl (C=O) groups excluding carboxylic acids is 3. The minimum absolute atomic E-state index is 0.163. The summed E-state index contributed by atoms with van der Waals surface area (Å²) in [7, 11) is 0. The molecule has 0 spiro atoms. The van der Waals surface area contributed by atoms with Gasteiger partial charge in [0, 0.05) is 36.6 Å². The fourth-order valence-electron chi connectivity index (χ4n) is 4.43. The maximum absolute atomic E-state index is 13.7. The van der Waals surface area contributed by atoms with Crippen LogP contribution in [0.2, 0.25) is 0 Å². The number of nitrogens with zero attached hydrogens (tertiary/aromatic N) is 3. The number of likely N-dealkylation sites (tertiary alicyclic amines) is 1. The van der Waals surface area contributed by atoms with Crippen LogP contribution in [0, 0.1) is 17.8 Å². The van der Waals surface area contributed by atoms with Crippen LogP contribution in [-0.2, 0) is 21.5 Å². The van der Waals surface area contributed by atoms with Crippen molar-refractivity contribution in [1.29, 1.82) is 0 Å². The van der Waals surface area contributed by atoms with Gasteiger partial charge in [-0.3, -0.25) is 19.5 Å². The molecule has 0 aliphatic carbocycles. The van der Waals surface area contributed by atoms with Crippen LogP contribution in [0.1, 0.15) is 30.3 Å². The summed E-state index contributed by atoms with van der Waals surface area (Å²) in [5.41, 5.74) is -0.663. The quantitative estimate of drug-likeness (QED) is 0.576. The van der Waals surface area contributed by atoms with Crippen molar-refractivity contribution in [2.24, 2.45) is 5.92 Å². The smallest absolute Gasteiger partial charge is 0.325 e. The fourth-order valence-corrected chi connectivity index (χ4v) is 5.13. The van der Waals surface area contributed by atoms with E-state index in [1.807, 2.05) is 23.6 Å². The van der Waals surface area contributed by atoms with Crippen molar-refractivity contribution in [3.05, 3.63) is 52.5 Å². The zero-order valence-corrected chi connectivity index (χ0v) is 18.2. The number of aromatic nitrogens is 1. The predicted octanol–water partition coefficient (Wildman–Crippen LogP) is 2.39. The zero-order valence-electron chi connectivity index (χ0n) is 17.3. The lowest BCUT2D eigenvalue weighted by Gasteiger charge is -2.40. The number of piperidine rings is 1. The van der Waals surface area contributed by atoms with Crippen LogP contribution in [0.5, 0.6) is 0 Å². The van der Waals surface area contributed by atoms with Crippen molar-refractivity contribution in [2.45, 2.75) is 31.7 Å². The normalized spacial score (nSPS) is 21.6. The summed E-state index contributed by atoms with van der Waals surface area (Å²) in [5, 5.41) is 4.98. The molecule has 4 heterocycles. The molecule has 2 aliphatic heterocycles. The lowest BCUT2D eigenvalue weighted by atomic mass is 9.75. The van der Waals surface area contributed by atoms with Crippen molar-refractivity contribution < 1.29 is 14.4 Å². The molecular weight excluding hydrogens is 412 g/mol. The molecule has 0 radical (unpaired) electrons. The molecule has 2 aromatic heterocycles. The second-order valence-electron chi connectivity index (χ2n) is 7.68. The first-order valence-corrected chi connectivity index (χ1v) is 11.2. The molecule has 0 unspecified atom stereocenters. The van der Waals surface area contributed by atoms with E-state index in [4.69, 9.17) is 0 Å². The number of pyridine rings is 1. The molecule has 0 saturated carbocycles. The number of carbonyl (C=O) groups is 3. The summed E-state index contributed by atoms with van der Waals surface area (Å²) in [6.07, 6.45) is 3.43. The average molecular weight is 437 g/mol. The van der Waals surface area contributed by atoms with Gasteiger partial charge in [0.1, 0.15) is 0 Å². The number of rotatable bonds is 5. The van der Waals surface area contributed by atoms with Crippen molar-refractivity contribution in [3.63, 3.8) is 0 Å². The largest absolute Gasteiger partial charge is 0.332 e. The number of hydrogen-bond donors (Lipinski definition) is 1. The Hall–Kier alpha value is -3.18. The first-order chi connectivity index (χ1) is 15.1. The maximum atomic E-state index is 13.7. The van der Waals surface area contributed by atoms with Gasteiger partial charge >= 0.3 is 6.03 Å². The summed E-state index contributed by atoms with van der Waals surface area (Å²) >= 11 is 1.61. The average Bonchev–Trinajstić information content (AvgIpc) is 3.40. The summed E-state index contributed by atoms with van der Waals surface area (Å²) in [6, 6.07) is 8.98. The number of imide groups is 1. The van der Waals surface area contributed by atoms with E-state index in [2.05, 4.69) is 22.1 Å². The molecule has 160 valence electrons. The van der Waals surface area contributed by atoms with Gasteiger partial charge in [0.15, 0.2) is 5.54 Å². The Morgan fingerprint density at radius 1 is 1.26 bits per heavy atom. The predicted molar refractivity (Wildman–Crippen MR) is 117 cm³/mol. The van der Waals surface area contributed by atoms with Crippen LogP contribution in [-0.4, -0.2) is 52.3 Å². The van der Waals surface area contributed by atoms with Crippen LogP contribution in [0.15, 0.2) is 41.9 Å². The highest BCUT2D eigenvalue weighted by Crippen LogP contribution is 2.40. The SMILES string of the molecule is CC#CC(=O)N1CCC([C@@]2(c3ccccn3)NC(=O)N(CCc3cccs3)C2=O)CC1. The molecule has 0 aromatic carbocycles. The molecule has 1 atom stereocenters. The fraction of sp³-hybridized carbons (Fsp3) is 0.391. The highest BCUT2D eigenvalue weighted by atomic mass is 32.1. The third-order valence-electron chi connectivity index (χ3n) is 5.99. The van der Waals surface area contributed by atoms with Crippen molar-refractivity contribution in [3.8, 4) is 11.8 Å². The van der Waals surface area contributed by atoms with E-state index in [0.717, 1.165) is 4.88 Å². The van der Waals surface area contributed by atoms with Crippen molar-refractivity contribution in [1.82, 2.24) is 20.1 Å². The number of nitrogens with one attached hydrogen (secondary N) is 1. The van der Waals surface area contributed by atoms with Gasteiger partial charge in [-0.05, 0) is 55.7 Å². The molecular formula is C23H24N4O3S. The van der Waals surface area contributed by atoms with E-state index in [1.54, 1.807) is 41.5 Å². The summed E-state index contributed by atoms with van der Waals surface area (Å²) in [5.74, 6) is 4.59. The van der Waals surface area contributed by atoms with Gasteiger partial charge in [-0.15, -0.1) is 11.3 Å². The van der Waals surface area contributed by atoms with E-state index < -0.39 is 5.54 Å². The first-order valence-electron chi connectivity index (χ1n) is 10.4. The van der Waals surface area contributed by atoms with Gasteiger partial charge in [-0.1, -0.05) is 18.1 Å². The van der Waals surface area contributed by atoms with E-state index in [-0.39, 0.29) is 23.8 Å². The second-order valence-corrected chi connectivity index (χ2v) is 8.71. The summed E-state index contributed by atoms with van der Waals surface area (Å²) < 4.78 is 0. The molecule has 0 bridgehead atoms. The molecule has 7 nitrogen and oxygen atoms in total. The first kappa shape index (κ1) is 21.1. The lowest BCUT2D eigenvalue weighted by Crippen LogP contribution is -2.54. The molecule has 4 rings (SSSR count). The highest BCUT2D eigenvalue weighted by molar-refractivity contribution is 7.09. The van der Waals surface area contributed by atoms with Gasteiger partial charge in [0.05, 0.1) is 5.69 Å². The molecule has 2 aliphatic rings.